The number of Topliss-reactive ketones (excluding diaryl/α,β-unsaturated/α-hetero) is 1. The van der Waals surface area contributed by atoms with Crippen molar-refractivity contribution in [1.29, 1.82) is 0 Å². The van der Waals surface area contributed by atoms with E-state index in [1.165, 1.54) is 4.31 Å². The summed E-state index contributed by atoms with van der Waals surface area (Å²) in [5.41, 5.74) is 1.69. The standard InChI is InChI=1S/C21H21ClN4O3S/c1-3-26-20-17(25(2)21(24-20)23-13-14-7-5-4-6-8-14)18(27)19(30(26,28)29)15-9-11-16(22)12-10-15/h4-12,19H,3,13H2,1-2H3,(H,23,24). The van der Waals surface area contributed by atoms with Crippen molar-refractivity contribution in [3.05, 3.63) is 76.4 Å². The molecule has 3 aromatic rings. The Morgan fingerprint density at radius 2 is 1.77 bits per heavy atom. The number of rotatable bonds is 5. The molecule has 7 nitrogen and oxygen atoms in total. The van der Waals surface area contributed by atoms with Crippen LogP contribution >= 0.6 is 11.6 Å². The van der Waals surface area contributed by atoms with Crippen LogP contribution < -0.4 is 9.62 Å². The van der Waals surface area contributed by atoms with Gasteiger partial charge >= 0.3 is 0 Å². The number of nitrogens with one attached hydrogen (secondary N) is 1. The lowest BCUT2D eigenvalue weighted by molar-refractivity contribution is 0.0977. The third-order valence-electron chi connectivity index (χ3n) is 5.14. The number of hydrogen-bond donors (Lipinski definition) is 1. The Bertz CT molecular complexity index is 1190. The molecule has 0 saturated heterocycles. The highest BCUT2D eigenvalue weighted by atomic mass is 35.5. The number of nitrogens with zero attached hydrogens (tertiary/aromatic N) is 3. The summed E-state index contributed by atoms with van der Waals surface area (Å²) in [6.07, 6.45) is 0. The highest BCUT2D eigenvalue weighted by molar-refractivity contribution is 7.94. The van der Waals surface area contributed by atoms with Gasteiger partial charge in [-0.05, 0) is 30.2 Å². The second kappa shape index (κ2) is 7.77. The summed E-state index contributed by atoms with van der Waals surface area (Å²) in [6.45, 7) is 2.39. The summed E-state index contributed by atoms with van der Waals surface area (Å²) in [6, 6.07) is 16.1. The molecule has 0 aliphatic carbocycles. The van der Waals surface area contributed by atoms with Gasteiger partial charge in [-0.1, -0.05) is 54.1 Å². The third kappa shape index (κ3) is 3.36. The lowest BCUT2D eigenvalue weighted by Crippen LogP contribution is -2.43. The predicted molar refractivity (Wildman–Crippen MR) is 117 cm³/mol. The molecule has 1 aliphatic heterocycles. The van der Waals surface area contributed by atoms with Crippen molar-refractivity contribution in [3.8, 4) is 0 Å². The quantitative estimate of drug-likeness (QED) is 0.647. The highest BCUT2D eigenvalue weighted by Crippen LogP contribution is 2.41. The van der Waals surface area contributed by atoms with Crippen molar-refractivity contribution in [2.24, 2.45) is 7.05 Å². The van der Waals surface area contributed by atoms with Crippen LogP contribution in [0.2, 0.25) is 5.02 Å². The lowest BCUT2D eigenvalue weighted by atomic mass is 10.1. The number of fused-ring (bicyclic) bond motifs is 1. The topological polar surface area (TPSA) is 84.3 Å². The average molecular weight is 445 g/mol. The molecule has 0 bridgehead atoms. The molecule has 2 aromatic carbocycles. The SMILES string of the molecule is CCN1c2nc(NCc3ccccc3)n(C)c2C(=O)C(c2ccc(Cl)cc2)S1(=O)=O. The average Bonchev–Trinajstić information content (AvgIpc) is 3.04. The van der Waals surface area contributed by atoms with Gasteiger partial charge in [-0.3, -0.25) is 9.10 Å². The molecule has 1 atom stereocenters. The van der Waals surface area contributed by atoms with E-state index in [0.717, 1.165) is 5.56 Å². The molecule has 0 saturated carbocycles. The minimum absolute atomic E-state index is 0.158. The minimum Gasteiger partial charge on any atom is -0.352 e. The number of hydrogen-bond acceptors (Lipinski definition) is 5. The lowest BCUT2D eigenvalue weighted by Gasteiger charge is -2.31. The molecule has 30 heavy (non-hydrogen) atoms. The van der Waals surface area contributed by atoms with Gasteiger partial charge in [0.2, 0.25) is 11.7 Å². The van der Waals surface area contributed by atoms with Gasteiger partial charge in [-0.2, -0.15) is 4.98 Å². The van der Waals surface area contributed by atoms with Crippen LogP contribution in [0.15, 0.2) is 54.6 Å². The van der Waals surface area contributed by atoms with Gasteiger partial charge in [0.25, 0.3) is 10.0 Å². The predicted octanol–water partition coefficient (Wildman–Crippen LogP) is 3.78. The molecule has 0 amide bonds. The third-order valence-corrected chi connectivity index (χ3v) is 7.52. The highest BCUT2D eigenvalue weighted by Gasteiger charge is 2.48. The summed E-state index contributed by atoms with van der Waals surface area (Å²) < 4.78 is 29.4. The van der Waals surface area contributed by atoms with E-state index in [2.05, 4.69) is 10.3 Å². The Balaban J connectivity index is 1.77. The first-order chi connectivity index (χ1) is 14.3. The maximum Gasteiger partial charge on any atom is 0.251 e. The molecule has 2 heterocycles. The summed E-state index contributed by atoms with van der Waals surface area (Å²) in [5.74, 6) is 0.0909. The Kier molecular flexibility index (Phi) is 5.29. The normalized spacial score (nSPS) is 17.6. The van der Waals surface area contributed by atoms with Crippen molar-refractivity contribution in [2.75, 3.05) is 16.2 Å². The van der Waals surface area contributed by atoms with Gasteiger partial charge in [-0.15, -0.1) is 0 Å². The second-order valence-corrected chi connectivity index (χ2v) is 9.39. The van der Waals surface area contributed by atoms with Gasteiger partial charge < -0.3 is 9.88 Å². The van der Waals surface area contributed by atoms with Crippen molar-refractivity contribution in [2.45, 2.75) is 18.7 Å². The van der Waals surface area contributed by atoms with E-state index >= 15 is 0 Å². The molecule has 0 fully saturated rings. The Labute approximate surface area is 180 Å². The van der Waals surface area contributed by atoms with Crippen LogP contribution in [-0.2, 0) is 23.6 Å². The van der Waals surface area contributed by atoms with Crippen LogP contribution in [-0.4, -0.2) is 30.3 Å². The van der Waals surface area contributed by atoms with E-state index in [9.17, 15) is 13.2 Å². The van der Waals surface area contributed by atoms with Crippen LogP contribution in [0.5, 0.6) is 0 Å². The number of sulfonamides is 1. The molecule has 9 heteroatoms. The fourth-order valence-electron chi connectivity index (χ4n) is 3.67. The fraction of sp³-hybridized carbons (Fsp3) is 0.238. The Morgan fingerprint density at radius 1 is 1.10 bits per heavy atom. The van der Waals surface area contributed by atoms with E-state index < -0.39 is 21.1 Å². The van der Waals surface area contributed by atoms with Gasteiger partial charge in [0.15, 0.2) is 11.1 Å². The number of anilines is 2. The smallest absolute Gasteiger partial charge is 0.251 e. The first-order valence-corrected chi connectivity index (χ1v) is 11.4. The Hall–Kier alpha value is -2.84. The molecule has 1 unspecified atom stereocenters. The molecule has 1 aromatic heterocycles. The number of aromatic nitrogens is 2. The molecule has 4 rings (SSSR count). The molecule has 1 aliphatic rings. The van der Waals surface area contributed by atoms with Crippen LogP contribution in [0.25, 0.3) is 0 Å². The second-order valence-electron chi connectivity index (χ2n) is 7.01. The minimum atomic E-state index is -3.98. The Morgan fingerprint density at radius 3 is 2.40 bits per heavy atom. The first-order valence-electron chi connectivity index (χ1n) is 9.50. The van der Waals surface area contributed by atoms with Crippen molar-refractivity contribution in [3.63, 3.8) is 0 Å². The van der Waals surface area contributed by atoms with Crippen molar-refractivity contribution < 1.29 is 13.2 Å². The van der Waals surface area contributed by atoms with Gasteiger partial charge in [-0.25, -0.2) is 8.42 Å². The molecular weight excluding hydrogens is 424 g/mol. The van der Waals surface area contributed by atoms with Gasteiger partial charge in [0.1, 0.15) is 5.69 Å². The number of halogens is 1. The van der Waals surface area contributed by atoms with Gasteiger partial charge in [0.05, 0.1) is 0 Å². The van der Waals surface area contributed by atoms with E-state index in [1.807, 2.05) is 30.3 Å². The van der Waals surface area contributed by atoms with E-state index in [0.29, 0.717) is 23.1 Å². The number of benzene rings is 2. The van der Waals surface area contributed by atoms with Crippen LogP contribution in [0, 0.1) is 0 Å². The summed E-state index contributed by atoms with van der Waals surface area (Å²) >= 11 is 5.94. The van der Waals surface area contributed by atoms with Crippen molar-refractivity contribution >= 4 is 39.2 Å². The monoisotopic (exact) mass is 444 g/mol. The van der Waals surface area contributed by atoms with Crippen molar-refractivity contribution in [1.82, 2.24) is 9.55 Å². The molecule has 1 N–H and O–H groups in total. The van der Waals surface area contributed by atoms with Crippen LogP contribution in [0.3, 0.4) is 0 Å². The molecule has 156 valence electrons. The maximum absolute atomic E-state index is 13.4. The summed E-state index contributed by atoms with van der Waals surface area (Å²) in [4.78, 5) is 17.8. The first kappa shape index (κ1) is 20.4. The van der Waals surface area contributed by atoms with E-state index in [4.69, 9.17) is 11.6 Å². The molecule has 0 spiro atoms. The molecular formula is C21H21ClN4O3S. The zero-order chi connectivity index (χ0) is 21.5. The number of ketones is 1. The maximum atomic E-state index is 13.4. The van der Waals surface area contributed by atoms with Gasteiger partial charge in [0, 0.05) is 25.2 Å². The summed E-state index contributed by atoms with van der Waals surface area (Å²) in [7, 11) is -2.27. The van der Waals surface area contributed by atoms with E-state index in [-0.39, 0.29) is 18.1 Å². The number of carbonyl (C=O) groups excluding carboxylic acids is 1. The fourth-order valence-corrected chi connectivity index (χ4v) is 5.66. The largest absolute Gasteiger partial charge is 0.352 e. The van der Waals surface area contributed by atoms with Crippen LogP contribution in [0.1, 0.15) is 33.8 Å². The number of imidazole rings is 1. The summed E-state index contributed by atoms with van der Waals surface area (Å²) in [5, 5.41) is 2.34. The zero-order valence-corrected chi connectivity index (χ0v) is 18.1. The number of carbonyl (C=O) groups is 1. The zero-order valence-electron chi connectivity index (χ0n) is 16.5. The van der Waals surface area contributed by atoms with E-state index in [1.54, 1.807) is 42.8 Å². The molecule has 0 radical (unpaired) electrons. The van der Waals surface area contributed by atoms with Crippen LogP contribution in [0.4, 0.5) is 11.8 Å².